The Bertz CT molecular complexity index is 890. The molecule has 28 heavy (non-hydrogen) atoms. The van der Waals surface area contributed by atoms with Gasteiger partial charge in [0.2, 0.25) is 0 Å². The molecular weight excluding hydrogens is 370 g/mol. The maximum Gasteiger partial charge on any atom is 0.191 e. The first-order chi connectivity index (χ1) is 13.3. The van der Waals surface area contributed by atoms with Crippen molar-refractivity contribution in [1.29, 1.82) is 0 Å². The summed E-state index contributed by atoms with van der Waals surface area (Å²) in [5.41, 5.74) is 4.42. The molecule has 0 aliphatic rings. The van der Waals surface area contributed by atoms with E-state index in [2.05, 4.69) is 53.7 Å². The summed E-state index contributed by atoms with van der Waals surface area (Å²) >= 11 is 0. The van der Waals surface area contributed by atoms with Gasteiger partial charge in [0, 0.05) is 19.3 Å². The summed E-state index contributed by atoms with van der Waals surface area (Å²) in [5.74, 6) is 1.22. The van der Waals surface area contributed by atoms with Crippen molar-refractivity contribution >= 4 is 15.8 Å². The summed E-state index contributed by atoms with van der Waals surface area (Å²) < 4.78 is 22.8. The molecule has 1 unspecified atom stereocenters. The number of sulfone groups is 1. The molecule has 0 spiro atoms. The van der Waals surface area contributed by atoms with E-state index >= 15 is 0 Å². The predicted molar refractivity (Wildman–Crippen MR) is 117 cm³/mol. The first-order valence-electron chi connectivity index (χ1n) is 9.61. The highest BCUT2D eigenvalue weighted by atomic mass is 32.2. The summed E-state index contributed by atoms with van der Waals surface area (Å²) in [6, 6.07) is 16.1. The Morgan fingerprint density at radius 2 is 1.75 bits per heavy atom. The number of aryl methyl sites for hydroxylation is 1. The zero-order valence-electron chi connectivity index (χ0n) is 17.2. The van der Waals surface area contributed by atoms with E-state index in [-0.39, 0.29) is 5.75 Å². The SMILES string of the molecule is CCNC(=NCc1ccc(CS(C)(=O)=O)cc1)NCC(C)c1cccc(C)c1. The molecule has 1 atom stereocenters. The van der Waals surface area contributed by atoms with Gasteiger partial charge in [0.1, 0.15) is 0 Å². The molecule has 0 bridgehead atoms. The fourth-order valence-electron chi connectivity index (χ4n) is 2.90. The second-order valence-corrected chi connectivity index (χ2v) is 9.42. The van der Waals surface area contributed by atoms with Crippen molar-refractivity contribution in [3.05, 3.63) is 70.8 Å². The van der Waals surface area contributed by atoms with Crippen LogP contribution >= 0.6 is 0 Å². The fraction of sp³-hybridized carbons (Fsp3) is 0.409. The number of benzene rings is 2. The normalized spacial score (nSPS) is 13.2. The zero-order chi connectivity index (χ0) is 20.6. The molecule has 0 aliphatic heterocycles. The molecule has 0 saturated carbocycles. The van der Waals surface area contributed by atoms with Gasteiger partial charge >= 0.3 is 0 Å². The quantitative estimate of drug-likeness (QED) is 0.525. The second-order valence-electron chi connectivity index (χ2n) is 7.28. The Hall–Kier alpha value is -2.34. The fourth-order valence-corrected chi connectivity index (χ4v) is 3.70. The van der Waals surface area contributed by atoms with Gasteiger partial charge in [0.05, 0.1) is 12.3 Å². The molecule has 2 aromatic carbocycles. The third-order valence-electron chi connectivity index (χ3n) is 4.40. The van der Waals surface area contributed by atoms with Crippen molar-refractivity contribution in [2.75, 3.05) is 19.3 Å². The maximum absolute atomic E-state index is 11.4. The summed E-state index contributed by atoms with van der Waals surface area (Å²) in [4.78, 5) is 4.65. The van der Waals surface area contributed by atoms with E-state index in [0.717, 1.165) is 30.2 Å². The van der Waals surface area contributed by atoms with E-state index in [1.165, 1.54) is 17.4 Å². The van der Waals surface area contributed by atoms with Crippen molar-refractivity contribution < 1.29 is 8.42 Å². The average molecular weight is 402 g/mol. The first-order valence-corrected chi connectivity index (χ1v) is 11.7. The van der Waals surface area contributed by atoms with E-state index in [1.807, 2.05) is 31.2 Å². The van der Waals surface area contributed by atoms with Crippen LogP contribution in [0.25, 0.3) is 0 Å². The third-order valence-corrected chi connectivity index (χ3v) is 5.26. The smallest absolute Gasteiger partial charge is 0.191 e. The number of rotatable bonds is 8. The van der Waals surface area contributed by atoms with Gasteiger partial charge in [-0.25, -0.2) is 13.4 Å². The molecule has 0 aliphatic carbocycles. The minimum absolute atomic E-state index is 0.0671. The first kappa shape index (κ1) is 22.0. The molecule has 0 aromatic heterocycles. The van der Waals surface area contributed by atoms with Crippen LogP contribution in [0.4, 0.5) is 0 Å². The molecule has 152 valence electrons. The Kier molecular flexibility index (Phi) is 8.05. The minimum Gasteiger partial charge on any atom is -0.357 e. The van der Waals surface area contributed by atoms with E-state index in [4.69, 9.17) is 0 Å². The lowest BCUT2D eigenvalue weighted by atomic mass is 9.99. The molecule has 0 radical (unpaired) electrons. The van der Waals surface area contributed by atoms with Crippen LogP contribution in [0.2, 0.25) is 0 Å². The van der Waals surface area contributed by atoms with Crippen molar-refractivity contribution in [3.8, 4) is 0 Å². The molecule has 2 N–H and O–H groups in total. The van der Waals surface area contributed by atoms with Crippen LogP contribution in [-0.2, 0) is 22.1 Å². The van der Waals surface area contributed by atoms with Gasteiger partial charge in [-0.2, -0.15) is 0 Å². The van der Waals surface area contributed by atoms with Crippen LogP contribution in [0, 0.1) is 6.92 Å². The predicted octanol–water partition coefficient (Wildman–Crippen LogP) is 3.40. The summed E-state index contributed by atoms with van der Waals surface area (Å²) in [7, 11) is -3.01. The molecule has 5 nitrogen and oxygen atoms in total. The summed E-state index contributed by atoms with van der Waals surface area (Å²) in [6.07, 6.45) is 1.25. The molecule has 0 fully saturated rings. The van der Waals surface area contributed by atoms with E-state index in [0.29, 0.717) is 12.5 Å². The Balaban J connectivity index is 1.96. The van der Waals surface area contributed by atoms with E-state index < -0.39 is 9.84 Å². The van der Waals surface area contributed by atoms with Crippen LogP contribution in [0.5, 0.6) is 0 Å². The van der Waals surface area contributed by atoms with Crippen molar-refractivity contribution in [2.45, 2.75) is 39.0 Å². The van der Waals surface area contributed by atoms with Gasteiger partial charge in [-0.3, -0.25) is 0 Å². The molecule has 0 amide bonds. The highest BCUT2D eigenvalue weighted by Gasteiger charge is 2.07. The number of hydrogen-bond donors (Lipinski definition) is 2. The largest absolute Gasteiger partial charge is 0.357 e. The zero-order valence-corrected chi connectivity index (χ0v) is 18.0. The van der Waals surface area contributed by atoms with Crippen molar-refractivity contribution in [1.82, 2.24) is 10.6 Å². The summed E-state index contributed by atoms with van der Waals surface area (Å²) in [5, 5.41) is 6.68. The molecular formula is C22H31N3O2S. The van der Waals surface area contributed by atoms with Gasteiger partial charge in [-0.1, -0.05) is 61.0 Å². The highest BCUT2D eigenvalue weighted by molar-refractivity contribution is 7.89. The topological polar surface area (TPSA) is 70.6 Å². The number of nitrogens with zero attached hydrogens (tertiary/aromatic N) is 1. The van der Waals surface area contributed by atoms with Crippen LogP contribution < -0.4 is 10.6 Å². The average Bonchev–Trinajstić information content (AvgIpc) is 2.63. The minimum atomic E-state index is -3.01. The molecule has 2 rings (SSSR count). The number of guanidine groups is 1. The summed E-state index contributed by atoms with van der Waals surface area (Å²) in [6.45, 7) is 8.47. The monoisotopic (exact) mass is 401 g/mol. The van der Waals surface area contributed by atoms with E-state index in [9.17, 15) is 8.42 Å². The van der Waals surface area contributed by atoms with Crippen LogP contribution in [0.3, 0.4) is 0 Å². The second kappa shape index (κ2) is 10.3. The van der Waals surface area contributed by atoms with Gasteiger partial charge in [-0.05, 0) is 36.5 Å². The number of aliphatic imine (C=N–C) groups is 1. The lowest BCUT2D eigenvalue weighted by Crippen LogP contribution is -2.39. The van der Waals surface area contributed by atoms with Gasteiger partial charge in [0.25, 0.3) is 0 Å². The maximum atomic E-state index is 11.4. The highest BCUT2D eigenvalue weighted by Crippen LogP contribution is 2.15. The Labute approximate surface area is 169 Å². The third kappa shape index (κ3) is 7.72. The van der Waals surface area contributed by atoms with Crippen LogP contribution in [0.1, 0.15) is 42.0 Å². The molecule has 6 heteroatoms. The van der Waals surface area contributed by atoms with E-state index in [1.54, 1.807) is 0 Å². The standard InChI is InChI=1S/C22H31N3O2S/c1-5-23-22(24-14-18(3)21-8-6-7-17(2)13-21)25-15-19-9-11-20(12-10-19)16-28(4,26)27/h6-13,18H,5,14-16H2,1-4H3,(H2,23,24,25). The Morgan fingerprint density at radius 3 is 2.36 bits per heavy atom. The van der Waals surface area contributed by atoms with Gasteiger partial charge in [-0.15, -0.1) is 0 Å². The number of hydrogen-bond acceptors (Lipinski definition) is 3. The molecule has 2 aromatic rings. The van der Waals surface area contributed by atoms with Gasteiger partial charge < -0.3 is 10.6 Å². The van der Waals surface area contributed by atoms with Crippen LogP contribution in [0.15, 0.2) is 53.5 Å². The van der Waals surface area contributed by atoms with Crippen LogP contribution in [-0.4, -0.2) is 33.7 Å². The van der Waals surface area contributed by atoms with Gasteiger partial charge in [0.15, 0.2) is 15.8 Å². The Morgan fingerprint density at radius 1 is 1.07 bits per heavy atom. The lowest BCUT2D eigenvalue weighted by molar-refractivity contribution is 0.601. The molecule has 0 heterocycles. The van der Waals surface area contributed by atoms with Crippen molar-refractivity contribution in [2.24, 2.45) is 4.99 Å². The van der Waals surface area contributed by atoms with Crippen molar-refractivity contribution in [3.63, 3.8) is 0 Å². The lowest BCUT2D eigenvalue weighted by Gasteiger charge is -2.16. The number of nitrogens with one attached hydrogen (secondary N) is 2. The molecule has 0 saturated heterocycles.